The van der Waals surface area contributed by atoms with Gasteiger partial charge in [-0.05, 0) is 0 Å². The van der Waals surface area contributed by atoms with Crippen LogP contribution < -0.4 is 0 Å². The Labute approximate surface area is 61.3 Å². The minimum atomic E-state index is 0. The molecule has 0 rings (SSSR count). The predicted octanol–water partition coefficient (Wildman–Crippen LogP) is 1.07. The molecule has 0 bridgehead atoms. The Morgan fingerprint density at radius 2 is 2.00 bits per heavy atom. The van der Waals surface area contributed by atoms with Crippen molar-refractivity contribution in [2.75, 3.05) is 20.8 Å². The Morgan fingerprint density at radius 1 is 1.44 bits per heavy atom. The second kappa shape index (κ2) is 7.72. The van der Waals surface area contributed by atoms with Crippen molar-refractivity contribution in [1.29, 1.82) is 5.41 Å². The standard InChI is InChI=1S/C5H11NO2.ClH/c1-7-4-3-5(6)8-2;/h6H,3-4H2,1-2H3;1H. The predicted molar refractivity (Wildman–Crippen MR) is 38.5 cm³/mol. The van der Waals surface area contributed by atoms with Crippen molar-refractivity contribution in [2.45, 2.75) is 6.42 Å². The van der Waals surface area contributed by atoms with E-state index in [0.717, 1.165) is 0 Å². The summed E-state index contributed by atoms with van der Waals surface area (Å²) in [6, 6.07) is 0. The highest BCUT2D eigenvalue weighted by Gasteiger charge is 1.90. The van der Waals surface area contributed by atoms with E-state index < -0.39 is 0 Å². The van der Waals surface area contributed by atoms with E-state index in [0.29, 0.717) is 13.0 Å². The fourth-order valence-electron chi connectivity index (χ4n) is 0.297. The maximum Gasteiger partial charge on any atom is 0.182 e. The second-order valence-corrected chi connectivity index (χ2v) is 1.37. The molecular weight excluding hydrogens is 142 g/mol. The van der Waals surface area contributed by atoms with Crippen molar-refractivity contribution in [1.82, 2.24) is 0 Å². The van der Waals surface area contributed by atoms with E-state index in [2.05, 4.69) is 4.74 Å². The van der Waals surface area contributed by atoms with Gasteiger partial charge in [0.15, 0.2) is 5.90 Å². The highest BCUT2D eigenvalue weighted by Crippen LogP contribution is 1.83. The number of hydrogen-bond acceptors (Lipinski definition) is 3. The van der Waals surface area contributed by atoms with Gasteiger partial charge in [-0.1, -0.05) is 0 Å². The topological polar surface area (TPSA) is 42.3 Å². The maximum absolute atomic E-state index is 6.94. The van der Waals surface area contributed by atoms with Gasteiger partial charge in [-0.15, -0.1) is 12.4 Å². The summed E-state index contributed by atoms with van der Waals surface area (Å²) in [6.45, 7) is 0.562. The van der Waals surface area contributed by atoms with Gasteiger partial charge in [-0.2, -0.15) is 0 Å². The smallest absolute Gasteiger partial charge is 0.182 e. The Balaban J connectivity index is 0. The van der Waals surface area contributed by atoms with Crippen LogP contribution in [0.15, 0.2) is 0 Å². The van der Waals surface area contributed by atoms with E-state index in [4.69, 9.17) is 10.1 Å². The summed E-state index contributed by atoms with van der Waals surface area (Å²) in [5, 5.41) is 6.94. The largest absolute Gasteiger partial charge is 0.484 e. The Hall–Kier alpha value is -0.280. The van der Waals surface area contributed by atoms with Crippen molar-refractivity contribution in [3.8, 4) is 0 Å². The fraction of sp³-hybridized carbons (Fsp3) is 0.800. The molecule has 3 nitrogen and oxygen atoms in total. The van der Waals surface area contributed by atoms with Gasteiger partial charge in [0, 0.05) is 13.5 Å². The van der Waals surface area contributed by atoms with Gasteiger partial charge in [-0.3, -0.25) is 5.41 Å². The van der Waals surface area contributed by atoms with Crippen LogP contribution in [0.3, 0.4) is 0 Å². The lowest BCUT2D eigenvalue weighted by Gasteiger charge is -1.98. The molecule has 0 aromatic rings. The van der Waals surface area contributed by atoms with Crippen molar-refractivity contribution in [3.05, 3.63) is 0 Å². The van der Waals surface area contributed by atoms with Gasteiger partial charge in [0.2, 0.25) is 0 Å². The lowest BCUT2D eigenvalue weighted by atomic mass is 10.5. The first-order valence-electron chi connectivity index (χ1n) is 2.41. The number of hydrogen-bond donors (Lipinski definition) is 1. The molecule has 0 aromatic carbocycles. The average Bonchev–Trinajstić information content (AvgIpc) is 1.83. The lowest BCUT2D eigenvalue weighted by molar-refractivity contribution is 0.200. The molecule has 0 aromatic heterocycles. The minimum Gasteiger partial charge on any atom is -0.484 e. The highest BCUT2D eigenvalue weighted by molar-refractivity contribution is 5.85. The zero-order chi connectivity index (χ0) is 6.41. The van der Waals surface area contributed by atoms with E-state index in [9.17, 15) is 0 Å². The second-order valence-electron chi connectivity index (χ2n) is 1.37. The summed E-state index contributed by atoms with van der Waals surface area (Å²) in [4.78, 5) is 0. The molecule has 1 N–H and O–H groups in total. The molecule has 0 aliphatic heterocycles. The van der Waals surface area contributed by atoms with Crippen molar-refractivity contribution >= 4 is 18.3 Å². The third kappa shape index (κ3) is 7.72. The third-order valence-corrected chi connectivity index (χ3v) is 0.780. The molecule has 0 amide bonds. The Bertz CT molecular complexity index is 77.4. The number of halogens is 1. The molecule has 0 unspecified atom stereocenters. The van der Waals surface area contributed by atoms with Gasteiger partial charge in [-0.25, -0.2) is 0 Å². The van der Waals surface area contributed by atoms with E-state index >= 15 is 0 Å². The van der Waals surface area contributed by atoms with Crippen molar-refractivity contribution in [2.24, 2.45) is 0 Å². The van der Waals surface area contributed by atoms with Crippen molar-refractivity contribution in [3.63, 3.8) is 0 Å². The number of methoxy groups -OCH3 is 2. The molecule has 0 spiro atoms. The SMILES string of the molecule is COCCC(=N)OC.Cl. The van der Waals surface area contributed by atoms with E-state index in [1.165, 1.54) is 7.11 Å². The number of nitrogens with one attached hydrogen (secondary N) is 1. The van der Waals surface area contributed by atoms with Crippen LogP contribution in [0.2, 0.25) is 0 Å². The Kier molecular flexibility index (Phi) is 9.87. The molecule has 9 heavy (non-hydrogen) atoms. The molecule has 0 radical (unpaired) electrons. The minimum absolute atomic E-state index is 0. The van der Waals surface area contributed by atoms with E-state index in [1.807, 2.05) is 0 Å². The van der Waals surface area contributed by atoms with Crippen LogP contribution in [-0.4, -0.2) is 26.7 Å². The fourth-order valence-corrected chi connectivity index (χ4v) is 0.297. The van der Waals surface area contributed by atoms with Gasteiger partial charge in [0.25, 0.3) is 0 Å². The molecule has 0 atom stereocenters. The van der Waals surface area contributed by atoms with Gasteiger partial charge < -0.3 is 9.47 Å². The zero-order valence-electron chi connectivity index (χ0n) is 5.64. The highest BCUT2D eigenvalue weighted by atomic mass is 35.5. The summed E-state index contributed by atoms with van der Waals surface area (Å²) < 4.78 is 9.25. The van der Waals surface area contributed by atoms with Gasteiger partial charge in [0.05, 0.1) is 13.7 Å². The van der Waals surface area contributed by atoms with E-state index in [-0.39, 0.29) is 18.3 Å². The lowest BCUT2D eigenvalue weighted by Crippen LogP contribution is -2.02. The normalized spacial score (nSPS) is 7.78. The zero-order valence-corrected chi connectivity index (χ0v) is 6.46. The van der Waals surface area contributed by atoms with Crippen LogP contribution in [0.25, 0.3) is 0 Å². The molecule has 4 heteroatoms. The molecule has 0 aliphatic rings. The maximum atomic E-state index is 6.94. The molecule has 0 fully saturated rings. The third-order valence-electron chi connectivity index (χ3n) is 0.780. The molecule has 0 heterocycles. The summed E-state index contributed by atoms with van der Waals surface area (Å²) >= 11 is 0. The van der Waals surface area contributed by atoms with E-state index in [1.54, 1.807) is 7.11 Å². The van der Waals surface area contributed by atoms with Crippen LogP contribution >= 0.6 is 12.4 Å². The molecule has 0 saturated carbocycles. The van der Waals surface area contributed by atoms with Crippen LogP contribution in [0.5, 0.6) is 0 Å². The number of rotatable bonds is 3. The van der Waals surface area contributed by atoms with Gasteiger partial charge in [0.1, 0.15) is 0 Å². The molecule has 0 saturated heterocycles. The summed E-state index contributed by atoms with van der Waals surface area (Å²) in [7, 11) is 3.08. The van der Waals surface area contributed by atoms with Gasteiger partial charge >= 0.3 is 0 Å². The number of ether oxygens (including phenoxy) is 2. The summed E-state index contributed by atoms with van der Waals surface area (Å²) in [5.74, 6) is 0.270. The van der Waals surface area contributed by atoms with Crippen LogP contribution in [0.4, 0.5) is 0 Å². The quantitative estimate of drug-likeness (QED) is 0.487. The Morgan fingerprint density at radius 3 is 2.33 bits per heavy atom. The summed E-state index contributed by atoms with van der Waals surface area (Å²) in [6.07, 6.45) is 0.562. The monoisotopic (exact) mass is 153 g/mol. The van der Waals surface area contributed by atoms with Crippen LogP contribution in [-0.2, 0) is 9.47 Å². The summed E-state index contributed by atoms with van der Waals surface area (Å²) in [5.41, 5.74) is 0. The average molecular weight is 154 g/mol. The van der Waals surface area contributed by atoms with Crippen molar-refractivity contribution < 1.29 is 9.47 Å². The first-order chi connectivity index (χ1) is 3.81. The molecule has 0 aliphatic carbocycles. The first-order valence-corrected chi connectivity index (χ1v) is 2.41. The first kappa shape index (κ1) is 11.5. The molecule has 56 valence electrons. The molecular formula is C5H12ClNO2. The van der Waals surface area contributed by atoms with Crippen LogP contribution in [0, 0.1) is 5.41 Å². The van der Waals surface area contributed by atoms with Crippen LogP contribution in [0.1, 0.15) is 6.42 Å².